The molecule has 0 aliphatic carbocycles. The summed E-state index contributed by atoms with van der Waals surface area (Å²) in [6.07, 6.45) is 3.04. The SMILES string of the molecule is CCNc1ccncc1S(=O)(=O)N1CC(C)SC(C)C1. The van der Waals surface area contributed by atoms with Gasteiger partial charge in [-0.05, 0) is 13.0 Å². The van der Waals surface area contributed by atoms with E-state index in [0.29, 0.717) is 35.8 Å². The Balaban J connectivity index is 2.35. The van der Waals surface area contributed by atoms with Crippen LogP contribution in [-0.4, -0.2) is 47.8 Å². The van der Waals surface area contributed by atoms with Crippen molar-refractivity contribution in [3.05, 3.63) is 18.5 Å². The minimum atomic E-state index is -3.49. The number of nitrogens with zero attached hydrogens (tertiary/aromatic N) is 2. The van der Waals surface area contributed by atoms with Gasteiger partial charge in [-0.2, -0.15) is 16.1 Å². The molecule has 0 amide bonds. The standard InChI is InChI=1S/C13H21N3O2S2/c1-4-15-12-5-6-14-7-13(12)20(17,18)16-8-10(2)19-11(3)9-16/h5-7,10-11H,4,8-9H2,1-3H3,(H,14,15). The molecule has 1 aliphatic heterocycles. The molecular formula is C13H21N3O2S2. The second kappa shape index (κ2) is 6.32. The molecule has 112 valence electrons. The zero-order chi connectivity index (χ0) is 14.8. The lowest BCUT2D eigenvalue weighted by Crippen LogP contribution is -2.44. The Morgan fingerprint density at radius 1 is 1.40 bits per heavy atom. The van der Waals surface area contributed by atoms with E-state index in [9.17, 15) is 8.42 Å². The molecule has 0 saturated carbocycles. The summed E-state index contributed by atoms with van der Waals surface area (Å²) in [5.41, 5.74) is 0.626. The number of aromatic nitrogens is 1. The molecule has 0 spiro atoms. The van der Waals surface area contributed by atoms with Crippen LogP contribution >= 0.6 is 11.8 Å². The molecule has 2 rings (SSSR count). The Morgan fingerprint density at radius 2 is 2.05 bits per heavy atom. The zero-order valence-corrected chi connectivity index (χ0v) is 13.7. The molecule has 1 fully saturated rings. The van der Waals surface area contributed by atoms with Crippen molar-refractivity contribution in [2.24, 2.45) is 0 Å². The van der Waals surface area contributed by atoms with Crippen LogP contribution in [0.4, 0.5) is 5.69 Å². The molecule has 0 aromatic carbocycles. The molecule has 1 aliphatic rings. The lowest BCUT2D eigenvalue weighted by Gasteiger charge is -2.33. The summed E-state index contributed by atoms with van der Waals surface area (Å²) in [6, 6.07) is 1.71. The summed E-state index contributed by atoms with van der Waals surface area (Å²) < 4.78 is 27.2. The van der Waals surface area contributed by atoms with E-state index in [1.54, 1.807) is 16.6 Å². The van der Waals surface area contributed by atoms with Crippen molar-refractivity contribution in [3.8, 4) is 0 Å². The number of rotatable bonds is 4. The van der Waals surface area contributed by atoms with Crippen LogP contribution in [0.3, 0.4) is 0 Å². The van der Waals surface area contributed by atoms with Crippen LogP contribution < -0.4 is 5.32 Å². The van der Waals surface area contributed by atoms with E-state index in [4.69, 9.17) is 0 Å². The quantitative estimate of drug-likeness (QED) is 0.921. The van der Waals surface area contributed by atoms with Crippen LogP contribution in [0.2, 0.25) is 0 Å². The highest BCUT2D eigenvalue weighted by molar-refractivity contribution is 8.00. The second-order valence-corrected chi connectivity index (χ2v) is 8.77. The number of hydrogen-bond donors (Lipinski definition) is 1. The molecule has 0 radical (unpaired) electrons. The van der Waals surface area contributed by atoms with Gasteiger partial charge < -0.3 is 5.32 Å². The second-order valence-electron chi connectivity index (χ2n) is 4.98. The van der Waals surface area contributed by atoms with E-state index >= 15 is 0 Å². The molecule has 1 N–H and O–H groups in total. The fourth-order valence-corrected chi connectivity index (χ4v) is 5.63. The number of sulfonamides is 1. The van der Waals surface area contributed by atoms with Crippen molar-refractivity contribution in [2.45, 2.75) is 36.2 Å². The Hall–Kier alpha value is -0.790. The van der Waals surface area contributed by atoms with Gasteiger partial charge in [0.05, 0.1) is 5.69 Å². The normalized spacial score (nSPS) is 24.6. The van der Waals surface area contributed by atoms with E-state index in [0.717, 1.165) is 0 Å². The third-order valence-corrected chi connectivity index (χ3v) is 6.24. The van der Waals surface area contributed by atoms with Crippen LogP contribution in [0.25, 0.3) is 0 Å². The third kappa shape index (κ3) is 3.27. The highest BCUT2D eigenvalue weighted by atomic mass is 32.2. The maximum atomic E-state index is 12.8. The fraction of sp³-hybridized carbons (Fsp3) is 0.615. The van der Waals surface area contributed by atoms with Gasteiger partial charge in [-0.15, -0.1) is 0 Å². The number of pyridine rings is 1. The van der Waals surface area contributed by atoms with Gasteiger partial charge in [0.1, 0.15) is 4.90 Å². The van der Waals surface area contributed by atoms with Gasteiger partial charge in [-0.1, -0.05) is 13.8 Å². The van der Waals surface area contributed by atoms with E-state index < -0.39 is 10.0 Å². The Bertz CT molecular complexity index is 552. The molecular weight excluding hydrogens is 294 g/mol. The maximum Gasteiger partial charge on any atom is 0.246 e. The smallest absolute Gasteiger partial charge is 0.246 e. The van der Waals surface area contributed by atoms with Gasteiger partial charge in [0.15, 0.2) is 0 Å². The molecule has 1 saturated heterocycles. The third-order valence-electron chi connectivity index (χ3n) is 3.16. The first kappa shape index (κ1) is 15.6. The molecule has 1 aromatic rings. The number of hydrogen-bond acceptors (Lipinski definition) is 5. The Morgan fingerprint density at radius 3 is 2.65 bits per heavy atom. The van der Waals surface area contributed by atoms with Gasteiger partial charge in [-0.25, -0.2) is 8.42 Å². The van der Waals surface area contributed by atoms with Gasteiger partial charge >= 0.3 is 0 Å². The largest absolute Gasteiger partial charge is 0.384 e. The average Bonchev–Trinajstić information content (AvgIpc) is 2.38. The van der Waals surface area contributed by atoms with Gasteiger partial charge in [0, 0.05) is 42.5 Å². The first-order valence-electron chi connectivity index (χ1n) is 6.78. The molecule has 20 heavy (non-hydrogen) atoms. The molecule has 2 heterocycles. The molecule has 0 bridgehead atoms. The van der Waals surface area contributed by atoms with Crippen molar-refractivity contribution in [1.29, 1.82) is 0 Å². The Kier molecular flexibility index (Phi) is 4.93. The lowest BCUT2D eigenvalue weighted by atomic mass is 10.4. The summed E-state index contributed by atoms with van der Waals surface area (Å²) in [5.74, 6) is 0. The highest BCUT2D eigenvalue weighted by Gasteiger charge is 2.33. The number of thioether (sulfide) groups is 1. The summed E-state index contributed by atoms with van der Waals surface area (Å²) >= 11 is 1.83. The predicted octanol–water partition coefficient (Wildman–Crippen LogP) is 2.03. The summed E-state index contributed by atoms with van der Waals surface area (Å²) in [4.78, 5) is 4.25. The average molecular weight is 315 g/mol. The van der Waals surface area contributed by atoms with E-state index in [-0.39, 0.29) is 4.90 Å². The summed E-state index contributed by atoms with van der Waals surface area (Å²) in [5, 5.41) is 3.72. The first-order valence-corrected chi connectivity index (χ1v) is 9.17. The van der Waals surface area contributed by atoms with Crippen molar-refractivity contribution >= 4 is 27.5 Å². The van der Waals surface area contributed by atoms with Gasteiger partial charge in [-0.3, -0.25) is 4.98 Å². The molecule has 5 nitrogen and oxygen atoms in total. The van der Waals surface area contributed by atoms with Gasteiger partial charge in [0.25, 0.3) is 0 Å². The minimum Gasteiger partial charge on any atom is -0.384 e. The maximum absolute atomic E-state index is 12.8. The van der Waals surface area contributed by atoms with Crippen molar-refractivity contribution in [2.75, 3.05) is 25.0 Å². The Labute approximate surface area is 125 Å². The number of anilines is 1. The van der Waals surface area contributed by atoms with Crippen molar-refractivity contribution < 1.29 is 8.42 Å². The van der Waals surface area contributed by atoms with Crippen molar-refractivity contribution in [1.82, 2.24) is 9.29 Å². The van der Waals surface area contributed by atoms with E-state index in [2.05, 4.69) is 24.1 Å². The minimum absolute atomic E-state index is 0.271. The molecule has 1 aromatic heterocycles. The van der Waals surface area contributed by atoms with Crippen molar-refractivity contribution in [3.63, 3.8) is 0 Å². The molecule has 7 heteroatoms. The summed E-state index contributed by atoms with van der Waals surface area (Å²) in [6.45, 7) is 7.86. The number of nitrogens with one attached hydrogen (secondary N) is 1. The topological polar surface area (TPSA) is 62.3 Å². The first-order chi connectivity index (χ1) is 9.45. The van der Waals surface area contributed by atoms with Crippen LogP contribution in [0, 0.1) is 0 Å². The van der Waals surface area contributed by atoms with Crippen LogP contribution in [0.1, 0.15) is 20.8 Å². The highest BCUT2D eigenvalue weighted by Crippen LogP contribution is 2.30. The monoisotopic (exact) mass is 315 g/mol. The van der Waals surface area contributed by atoms with Crippen LogP contribution in [0.5, 0.6) is 0 Å². The van der Waals surface area contributed by atoms with E-state index in [1.165, 1.54) is 6.20 Å². The zero-order valence-electron chi connectivity index (χ0n) is 12.0. The van der Waals surface area contributed by atoms with E-state index in [1.807, 2.05) is 18.7 Å². The summed E-state index contributed by atoms with van der Waals surface area (Å²) in [7, 11) is -3.49. The molecule has 2 unspecified atom stereocenters. The van der Waals surface area contributed by atoms with Crippen LogP contribution in [0.15, 0.2) is 23.4 Å². The predicted molar refractivity (Wildman–Crippen MR) is 83.7 cm³/mol. The molecule has 2 atom stereocenters. The van der Waals surface area contributed by atoms with Crippen LogP contribution in [-0.2, 0) is 10.0 Å². The van der Waals surface area contributed by atoms with Gasteiger partial charge in [0.2, 0.25) is 10.0 Å². The lowest BCUT2D eigenvalue weighted by molar-refractivity contribution is 0.405. The fourth-order valence-electron chi connectivity index (χ4n) is 2.39.